The molecule has 2 N–H and O–H groups in total. The smallest absolute Gasteiger partial charge is 0.309 e. The SMILES string of the molecule is O=C(NCc1cccs1)C(=O)NCC1CCN(C(=O)c2ccncc2)CC1. The van der Waals surface area contributed by atoms with Crippen LogP contribution in [0.5, 0.6) is 0 Å². The number of rotatable bonds is 5. The van der Waals surface area contributed by atoms with Crippen LogP contribution in [-0.4, -0.2) is 47.2 Å². The molecule has 2 aromatic rings. The minimum absolute atomic E-state index is 0.00726. The van der Waals surface area contributed by atoms with Crippen LogP contribution in [-0.2, 0) is 16.1 Å². The van der Waals surface area contributed by atoms with Crippen molar-refractivity contribution in [2.75, 3.05) is 19.6 Å². The van der Waals surface area contributed by atoms with Gasteiger partial charge in [0.25, 0.3) is 5.91 Å². The average Bonchev–Trinajstić information content (AvgIpc) is 3.24. The Balaban J connectivity index is 1.37. The second-order valence-electron chi connectivity index (χ2n) is 6.44. The number of nitrogens with one attached hydrogen (secondary N) is 2. The third kappa shape index (κ3) is 5.37. The lowest BCUT2D eigenvalue weighted by Crippen LogP contribution is -2.44. The maximum atomic E-state index is 12.4. The molecule has 2 aromatic heterocycles. The number of pyridine rings is 1. The predicted octanol–water partition coefficient (Wildman–Crippen LogP) is 1.43. The zero-order valence-electron chi connectivity index (χ0n) is 14.9. The first kappa shape index (κ1) is 19.0. The summed E-state index contributed by atoms with van der Waals surface area (Å²) in [4.78, 5) is 42.9. The summed E-state index contributed by atoms with van der Waals surface area (Å²) in [5.41, 5.74) is 0.638. The normalized spacial score (nSPS) is 14.6. The van der Waals surface area contributed by atoms with Crippen molar-refractivity contribution in [3.05, 3.63) is 52.5 Å². The number of carbonyl (C=O) groups excluding carboxylic acids is 3. The van der Waals surface area contributed by atoms with E-state index in [1.165, 1.54) is 11.3 Å². The van der Waals surface area contributed by atoms with Crippen LogP contribution in [0.1, 0.15) is 28.1 Å². The van der Waals surface area contributed by atoms with Crippen LogP contribution < -0.4 is 10.6 Å². The minimum atomic E-state index is -0.617. The molecule has 1 saturated heterocycles. The van der Waals surface area contributed by atoms with Crippen molar-refractivity contribution >= 4 is 29.1 Å². The molecular weight excluding hydrogens is 364 g/mol. The topological polar surface area (TPSA) is 91.4 Å². The molecule has 1 aliphatic rings. The van der Waals surface area contributed by atoms with Gasteiger partial charge in [0.15, 0.2) is 0 Å². The van der Waals surface area contributed by atoms with Crippen LogP contribution in [0.25, 0.3) is 0 Å². The highest BCUT2D eigenvalue weighted by Gasteiger charge is 2.24. The Morgan fingerprint density at radius 2 is 1.78 bits per heavy atom. The first-order valence-corrected chi connectivity index (χ1v) is 9.79. The molecule has 0 radical (unpaired) electrons. The zero-order valence-corrected chi connectivity index (χ0v) is 15.7. The number of likely N-dealkylation sites (tertiary alicyclic amines) is 1. The van der Waals surface area contributed by atoms with Crippen molar-refractivity contribution in [1.82, 2.24) is 20.5 Å². The Morgan fingerprint density at radius 1 is 1.07 bits per heavy atom. The summed E-state index contributed by atoms with van der Waals surface area (Å²) in [6.07, 6.45) is 4.82. The lowest BCUT2D eigenvalue weighted by Gasteiger charge is -2.32. The number of thiophene rings is 1. The lowest BCUT2D eigenvalue weighted by atomic mass is 9.96. The monoisotopic (exact) mass is 386 g/mol. The Hall–Kier alpha value is -2.74. The van der Waals surface area contributed by atoms with E-state index in [0.717, 1.165) is 17.7 Å². The summed E-state index contributed by atoms with van der Waals surface area (Å²) in [7, 11) is 0. The van der Waals surface area contributed by atoms with E-state index in [1.54, 1.807) is 24.5 Å². The van der Waals surface area contributed by atoms with Crippen LogP contribution in [0.15, 0.2) is 42.0 Å². The number of carbonyl (C=O) groups is 3. The maximum Gasteiger partial charge on any atom is 0.309 e. The van der Waals surface area contributed by atoms with E-state index in [2.05, 4.69) is 15.6 Å². The van der Waals surface area contributed by atoms with Crippen LogP contribution in [0.2, 0.25) is 0 Å². The Kier molecular flexibility index (Phi) is 6.54. The van der Waals surface area contributed by atoms with Gasteiger partial charge >= 0.3 is 11.8 Å². The summed E-state index contributed by atoms with van der Waals surface area (Å²) in [5.74, 6) is -0.955. The number of nitrogens with zero attached hydrogens (tertiary/aromatic N) is 2. The maximum absolute atomic E-state index is 12.4. The van der Waals surface area contributed by atoms with Gasteiger partial charge in [-0.25, -0.2) is 0 Å². The molecule has 142 valence electrons. The molecule has 3 rings (SSSR count). The van der Waals surface area contributed by atoms with Gasteiger partial charge in [0.2, 0.25) is 0 Å². The molecule has 0 spiro atoms. The molecule has 8 heteroatoms. The van der Waals surface area contributed by atoms with Crippen LogP contribution >= 0.6 is 11.3 Å². The van der Waals surface area contributed by atoms with Crippen LogP contribution in [0.3, 0.4) is 0 Å². The van der Waals surface area contributed by atoms with Gasteiger partial charge in [-0.15, -0.1) is 11.3 Å². The summed E-state index contributed by atoms with van der Waals surface area (Å²) in [6, 6.07) is 7.23. The number of piperidine rings is 1. The fraction of sp³-hybridized carbons (Fsp3) is 0.368. The summed E-state index contributed by atoms with van der Waals surface area (Å²) in [6.45, 7) is 2.10. The van der Waals surface area contributed by atoms with Crippen molar-refractivity contribution < 1.29 is 14.4 Å². The Labute approximate surface area is 161 Å². The summed E-state index contributed by atoms with van der Waals surface area (Å²) in [5, 5.41) is 7.24. The quantitative estimate of drug-likeness (QED) is 0.761. The van der Waals surface area contributed by atoms with Gasteiger partial charge in [-0.1, -0.05) is 6.07 Å². The fourth-order valence-electron chi connectivity index (χ4n) is 3.00. The van der Waals surface area contributed by atoms with Crippen molar-refractivity contribution in [2.45, 2.75) is 19.4 Å². The van der Waals surface area contributed by atoms with Gasteiger partial charge in [0, 0.05) is 42.5 Å². The van der Waals surface area contributed by atoms with Gasteiger partial charge in [0.05, 0.1) is 6.54 Å². The molecule has 7 nitrogen and oxygen atoms in total. The van der Waals surface area contributed by atoms with E-state index >= 15 is 0 Å². The minimum Gasteiger partial charge on any atom is -0.348 e. The molecule has 0 aliphatic carbocycles. The average molecular weight is 386 g/mol. The number of hydrogen-bond acceptors (Lipinski definition) is 5. The molecule has 0 unspecified atom stereocenters. The highest BCUT2D eigenvalue weighted by Crippen LogP contribution is 2.18. The number of hydrogen-bond donors (Lipinski definition) is 2. The standard InChI is InChI=1S/C19H22N4O3S/c24-17(18(25)22-13-16-2-1-11-27-16)21-12-14-5-9-23(10-6-14)19(26)15-3-7-20-8-4-15/h1-4,7-8,11,14H,5-6,9-10,12-13H2,(H,21,24)(H,22,25). The van der Waals surface area contributed by atoms with Crippen molar-refractivity contribution in [3.8, 4) is 0 Å². The van der Waals surface area contributed by atoms with E-state index in [9.17, 15) is 14.4 Å². The molecule has 3 heterocycles. The fourth-order valence-corrected chi connectivity index (χ4v) is 3.64. The predicted molar refractivity (Wildman–Crippen MR) is 102 cm³/mol. The summed E-state index contributed by atoms with van der Waals surface area (Å²) >= 11 is 1.53. The van der Waals surface area contributed by atoms with Gasteiger partial charge in [-0.05, 0) is 42.3 Å². The molecular formula is C19H22N4O3S. The molecule has 1 fully saturated rings. The van der Waals surface area contributed by atoms with E-state index in [4.69, 9.17) is 0 Å². The van der Waals surface area contributed by atoms with E-state index in [-0.39, 0.29) is 11.8 Å². The third-order valence-electron chi connectivity index (χ3n) is 4.59. The molecule has 0 bridgehead atoms. The van der Waals surface area contributed by atoms with E-state index in [0.29, 0.717) is 31.7 Å². The molecule has 0 saturated carbocycles. The Morgan fingerprint density at radius 3 is 2.44 bits per heavy atom. The number of aromatic nitrogens is 1. The number of amides is 3. The van der Waals surface area contributed by atoms with Gasteiger partial charge in [0.1, 0.15) is 0 Å². The van der Waals surface area contributed by atoms with Gasteiger partial charge in [-0.2, -0.15) is 0 Å². The van der Waals surface area contributed by atoms with Crippen molar-refractivity contribution in [2.24, 2.45) is 5.92 Å². The van der Waals surface area contributed by atoms with Gasteiger partial charge < -0.3 is 15.5 Å². The molecule has 0 aromatic carbocycles. The molecule has 27 heavy (non-hydrogen) atoms. The highest BCUT2D eigenvalue weighted by molar-refractivity contribution is 7.09. The first-order chi connectivity index (χ1) is 13.1. The second kappa shape index (κ2) is 9.27. The molecule has 0 atom stereocenters. The van der Waals surface area contributed by atoms with Gasteiger partial charge in [-0.3, -0.25) is 19.4 Å². The van der Waals surface area contributed by atoms with Crippen molar-refractivity contribution in [1.29, 1.82) is 0 Å². The zero-order chi connectivity index (χ0) is 19.1. The van der Waals surface area contributed by atoms with E-state index < -0.39 is 11.8 Å². The lowest BCUT2D eigenvalue weighted by molar-refractivity contribution is -0.139. The Bertz CT molecular complexity index is 772. The third-order valence-corrected chi connectivity index (χ3v) is 5.47. The summed E-state index contributed by atoms with van der Waals surface area (Å²) < 4.78 is 0. The van der Waals surface area contributed by atoms with Crippen LogP contribution in [0.4, 0.5) is 0 Å². The first-order valence-electron chi connectivity index (χ1n) is 8.91. The molecule has 3 amide bonds. The van der Waals surface area contributed by atoms with Crippen molar-refractivity contribution in [3.63, 3.8) is 0 Å². The largest absolute Gasteiger partial charge is 0.348 e. The highest BCUT2D eigenvalue weighted by atomic mass is 32.1. The van der Waals surface area contributed by atoms with E-state index in [1.807, 2.05) is 22.4 Å². The second-order valence-corrected chi connectivity index (χ2v) is 7.48. The van der Waals surface area contributed by atoms with Crippen LogP contribution in [0, 0.1) is 5.92 Å². The molecule has 1 aliphatic heterocycles.